The molecule has 0 unspecified atom stereocenters. The summed E-state index contributed by atoms with van der Waals surface area (Å²) in [6.45, 7) is 2.02. The zero-order valence-electron chi connectivity index (χ0n) is 9.31. The van der Waals surface area contributed by atoms with Gasteiger partial charge in [0.1, 0.15) is 0 Å². The highest BCUT2D eigenvalue weighted by molar-refractivity contribution is 5.79. The van der Waals surface area contributed by atoms with Crippen LogP contribution in [-0.4, -0.2) is 17.8 Å². The maximum absolute atomic E-state index is 11.5. The molecule has 82 valence electrons. The van der Waals surface area contributed by atoms with Crippen molar-refractivity contribution in [3.8, 4) is 11.3 Å². The van der Waals surface area contributed by atoms with E-state index in [4.69, 9.17) is 4.74 Å². The fourth-order valence-electron chi connectivity index (χ4n) is 1.72. The zero-order valence-corrected chi connectivity index (χ0v) is 9.31. The minimum absolute atomic E-state index is 0.372. The van der Waals surface area contributed by atoms with Gasteiger partial charge in [0.15, 0.2) is 0 Å². The van der Waals surface area contributed by atoms with Gasteiger partial charge >= 0.3 is 6.09 Å². The van der Waals surface area contributed by atoms with E-state index in [1.165, 1.54) is 11.7 Å². The lowest BCUT2D eigenvalue weighted by Crippen LogP contribution is -2.11. The Balaban J connectivity index is 2.53. The van der Waals surface area contributed by atoms with Crippen molar-refractivity contribution < 1.29 is 9.53 Å². The Morgan fingerprint density at radius 3 is 2.62 bits per heavy atom. The molecule has 0 N–H and O–H groups in total. The monoisotopic (exact) mass is 215 g/mol. The molecule has 1 aromatic heterocycles. The molecule has 0 saturated heterocycles. The maximum Gasteiger partial charge on any atom is 0.418 e. The van der Waals surface area contributed by atoms with E-state index >= 15 is 0 Å². The lowest BCUT2D eigenvalue weighted by atomic mass is 10.1. The number of hydrogen-bond donors (Lipinski definition) is 0. The smallest absolute Gasteiger partial charge is 0.418 e. The summed E-state index contributed by atoms with van der Waals surface area (Å²) in [5, 5.41) is 0. The second kappa shape index (κ2) is 4.23. The lowest BCUT2D eigenvalue weighted by molar-refractivity contribution is 0.173. The summed E-state index contributed by atoms with van der Waals surface area (Å²) in [5.74, 6) is 0. The van der Waals surface area contributed by atoms with Crippen molar-refractivity contribution in [1.29, 1.82) is 0 Å². The predicted molar refractivity (Wildman–Crippen MR) is 62.4 cm³/mol. The summed E-state index contributed by atoms with van der Waals surface area (Å²) < 4.78 is 6.22. The molecule has 1 aromatic carbocycles. The Labute approximate surface area is 94.3 Å². The topological polar surface area (TPSA) is 31.2 Å². The van der Waals surface area contributed by atoms with Gasteiger partial charge in [-0.05, 0) is 24.6 Å². The molecule has 3 heteroatoms. The number of aromatic nitrogens is 1. The Hall–Kier alpha value is -2.03. The summed E-state index contributed by atoms with van der Waals surface area (Å²) in [6, 6.07) is 11.7. The van der Waals surface area contributed by atoms with E-state index in [0.717, 1.165) is 16.8 Å². The third kappa shape index (κ3) is 1.72. The van der Waals surface area contributed by atoms with Crippen LogP contribution in [0.5, 0.6) is 0 Å². The largest absolute Gasteiger partial charge is 0.452 e. The van der Waals surface area contributed by atoms with Crippen LogP contribution in [0.1, 0.15) is 5.56 Å². The molecule has 0 aliphatic heterocycles. The van der Waals surface area contributed by atoms with Gasteiger partial charge in [0.2, 0.25) is 0 Å². The van der Waals surface area contributed by atoms with E-state index in [0.29, 0.717) is 0 Å². The molecule has 0 bridgehead atoms. The van der Waals surface area contributed by atoms with Crippen LogP contribution >= 0.6 is 0 Å². The van der Waals surface area contributed by atoms with E-state index in [1.807, 2.05) is 43.3 Å². The molecule has 0 atom stereocenters. The maximum atomic E-state index is 11.5. The van der Waals surface area contributed by atoms with Crippen molar-refractivity contribution in [3.05, 3.63) is 48.2 Å². The van der Waals surface area contributed by atoms with E-state index in [2.05, 4.69) is 0 Å². The summed E-state index contributed by atoms with van der Waals surface area (Å²) in [4.78, 5) is 11.5. The highest BCUT2D eigenvalue weighted by atomic mass is 16.5. The fourth-order valence-corrected chi connectivity index (χ4v) is 1.72. The van der Waals surface area contributed by atoms with Crippen molar-refractivity contribution in [1.82, 2.24) is 4.57 Å². The number of nitrogens with zero attached hydrogens (tertiary/aromatic N) is 1. The van der Waals surface area contributed by atoms with Crippen molar-refractivity contribution in [3.63, 3.8) is 0 Å². The van der Waals surface area contributed by atoms with E-state index in [-0.39, 0.29) is 6.09 Å². The Morgan fingerprint density at radius 2 is 1.94 bits per heavy atom. The second-order valence-electron chi connectivity index (χ2n) is 3.55. The SMILES string of the molecule is COC(=O)n1cccc1-c1ccccc1C. The van der Waals surface area contributed by atoms with Crippen LogP contribution in [0.3, 0.4) is 0 Å². The molecule has 0 amide bonds. The molecule has 0 radical (unpaired) electrons. The van der Waals surface area contributed by atoms with Crippen LogP contribution in [0, 0.1) is 6.92 Å². The lowest BCUT2D eigenvalue weighted by Gasteiger charge is -2.08. The van der Waals surface area contributed by atoms with E-state index in [1.54, 1.807) is 6.20 Å². The molecule has 16 heavy (non-hydrogen) atoms. The van der Waals surface area contributed by atoms with Gasteiger partial charge in [-0.3, -0.25) is 4.57 Å². The molecule has 0 aliphatic carbocycles. The van der Waals surface area contributed by atoms with Gasteiger partial charge in [0.25, 0.3) is 0 Å². The summed E-state index contributed by atoms with van der Waals surface area (Å²) in [7, 11) is 1.38. The number of benzene rings is 1. The number of methoxy groups -OCH3 is 1. The van der Waals surface area contributed by atoms with Crippen LogP contribution in [0.2, 0.25) is 0 Å². The minimum Gasteiger partial charge on any atom is -0.452 e. The van der Waals surface area contributed by atoms with Gasteiger partial charge in [0, 0.05) is 11.8 Å². The molecule has 3 nitrogen and oxygen atoms in total. The van der Waals surface area contributed by atoms with Crippen molar-refractivity contribution in [2.45, 2.75) is 6.92 Å². The third-order valence-corrected chi connectivity index (χ3v) is 2.54. The van der Waals surface area contributed by atoms with Gasteiger partial charge in [0.05, 0.1) is 12.8 Å². The van der Waals surface area contributed by atoms with Gasteiger partial charge < -0.3 is 4.74 Å². The minimum atomic E-state index is -0.372. The zero-order chi connectivity index (χ0) is 11.5. The standard InChI is InChI=1S/C13H13NO2/c1-10-6-3-4-7-11(10)12-8-5-9-14(12)13(15)16-2/h3-9H,1-2H3. The van der Waals surface area contributed by atoms with Crippen molar-refractivity contribution in [2.24, 2.45) is 0 Å². The Kier molecular flexibility index (Phi) is 2.77. The number of rotatable bonds is 1. The number of carbonyl (C=O) groups excluding carboxylic acids is 1. The van der Waals surface area contributed by atoms with Gasteiger partial charge in [-0.2, -0.15) is 0 Å². The number of hydrogen-bond acceptors (Lipinski definition) is 2. The third-order valence-electron chi connectivity index (χ3n) is 2.54. The van der Waals surface area contributed by atoms with Crippen LogP contribution < -0.4 is 0 Å². The van der Waals surface area contributed by atoms with Crippen LogP contribution in [0.25, 0.3) is 11.3 Å². The molecule has 0 spiro atoms. The number of aryl methyl sites for hydroxylation is 1. The van der Waals surface area contributed by atoms with Crippen LogP contribution in [0.15, 0.2) is 42.6 Å². The Morgan fingerprint density at radius 1 is 1.19 bits per heavy atom. The first kappa shape index (κ1) is 10.5. The molecule has 0 fully saturated rings. The highest BCUT2D eigenvalue weighted by Gasteiger charge is 2.11. The molecule has 2 rings (SSSR count). The first-order valence-corrected chi connectivity index (χ1v) is 5.05. The molecular weight excluding hydrogens is 202 g/mol. The van der Waals surface area contributed by atoms with E-state index < -0.39 is 0 Å². The summed E-state index contributed by atoms with van der Waals surface area (Å²) in [5.41, 5.74) is 3.02. The molecule has 0 saturated carbocycles. The second-order valence-corrected chi connectivity index (χ2v) is 3.55. The molecule has 0 aliphatic rings. The normalized spacial score (nSPS) is 10.1. The first-order chi connectivity index (χ1) is 7.74. The Bertz CT molecular complexity index is 514. The summed E-state index contributed by atoms with van der Waals surface area (Å²) >= 11 is 0. The quantitative estimate of drug-likeness (QED) is 0.732. The number of ether oxygens (including phenoxy) is 1. The molecule has 1 heterocycles. The van der Waals surface area contributed by atoms with Crippen LogP contribution in [-0.2, 0) is 4.74 Å². The van der Waals surface area contributed by atoms with Gasteiger partial charge in [-0.15, -0.1) is 0 Å². The van der Waals surface area contributed by atoms with Crippen molar-refractivity contribution >= 4 is 6.09 Å². The van der Waals surface area contributed by atoms with Crippen molar-refractivity contribution in [2.75, 3.05) is 7.11 Å². The fraction of sp³-hybridized carbons (Fsp3) is 0.154. The molecular formula is C13H13NO2. The first-order valence-electron chi connectivity index (χ1n) is 5.05. The van der Waals surface area contributed by atoms with Gasteiger partial charge in [-0.1, -0.05) is 24.3 Å². The molecule has 2 aromatic rings. The van der Waals surface area contributed by atoms with E-state index in [9.17, 15) is 4.79 Å². The van der Waals surface area contributed by atoms with Crippen LogP contribution in [0.4, 0.5) is 4.79 Å². The predicted octanol–water partition coefficient (Wildman–Crippen LogP) is 3.08. The summed E-state index contributed by atoms with van der Waals surface area (Å²) in [6.07, 6.45) is 1.33. The van der Waals surface area contributed by atoms with Gasteiger partial charge in [-0.25, -0.2) is 4.79 Å². The average Bonchev–Trinajstić information content (AvgIpc) is 2.77. The number of carbonyl (C=O) groups is 1. The average molecular weight is 215 g/mol. The highest BCUT2D eigenvalue weighted by Crippen LogP contribution is 2.23.